The Kier molecular flexibility index (Phi) is 3.03. The first-order valence-electron chi connectivity index (χ1n) is 6.02. The second-order valence-corrected chi connectivity index (χ2v) is 4.85. The Labute approximate surface area is 95.7 Å². The zero-order valence-corrected chi connectivity index (χ0v) is 9.94. The quantitative estimate of drug-likeness (QED) is 0.792. The standard InChI is InChI=1S/C13H19NO2/c1-9-5-3-4-6-11(9)14-8-7-12(15)13(16)10(14)2/h7-9,11,16H,3-6H2,1-2H3. The fourth-order valence-electron chi connectivity index (χ4n) is 2.71. The van der Waals surface area contributed by atoms with Crippen LogP contribution in [0.1, 0.15) is 44.3 Å². The van der Waals surface area contributed by atoms with E-state index in [-0.39, 0.29) is 11.2 Å². The van der Waals surface area contributed by atoms with E-state index in [4.69, 9.17) is 0 Å². The third kappa shape index (κ3) is 1.86. The van der Waals surface area contributed by atoms with Crippen LogP contribution in [0, 0.1) is 12.8 Å². The van der Waals surface area contributed by atoms with Gasteiger partial charge < -0.3 is 9.67 Å². The van der Waals surface area contributed by atoms with E-state index in [9.17, 15) is 9.90 Å². The van der Waals surface area contributed by atoms with Crippen LogP contribution in [0.4, 0.5) is 0 Å². The lowest BCUT2D eigenvalue weighted by Gasteiger charge is -2.32. The topological polar surface area (TPSA) is 42.2 Å². The van der Waals surface area contributed by atoms with E-state index in [1.165, 1.54) is 25.3 Å². The molecule has 0 aromatic carbocycles. The predicted octanol–water partition coefficient (Wildman–Crippen LogP) is 2.61. The maximum atomic E-state index is 11.3. The predicted molar refractivity (Wildman–Crippen MR) is 63.8 cm³/mol. The minimum absolute atomic E-state index is 0.0970. The van der Waals surface area contributed by atoms with Gasteiger partial charge >= 0.3 is 0 Å². The van der Waals surface area contributed by atoms with Crippen LogP contribution in [0.2, 0.25) is 0 Å². The number of aromatic hydroxyl groups is 1. The third-order valence-electron chi connectivity index (χ3n) is 3.77. The molecule has 0 bridgehead atoms. The summed E-state index contributed by atoms with van der Waals surface area (Å²) in [5.74, 6) is 0.523. The molecule has 2 atom stereocenters. The number of rotatable bonds is 1. The lowest BCUT2D eigenvalue weighted by atomic mass is 9.85. The van der Waals surface area contributed by atoms with Crippen molar-refractivity contribution < 1.29 is 5.11 Å². The number of pyridine rings is 1. The van der Waals surface area contributed by atoms with Gasteiger partial charge in [-0.1, -0.05) is 19.8 Å². The average Bonchev–Trinajstić information content (AvgIpc) is 2.28. The van der Waals surface area contributed by atoms with Gasteiger partial charge in [0.05, 0.1) is 5.69 Å². The van der Waals surface area contributed by atoms with Crippen LogP contribution < -0.4 is 5.43 Å². The first kappa shape index (κ1) is 11.2. The highest BCUT2D eigenvalue weighted by molar-refractivity contribution is 5.25. The van der Waals surface area contributed by atoms with Gasteiger partial charge in [0.1, 0.15) is 0 Å². The van der Waals surface area contributed by atoms with E-state index in [2.05, 4.69) is 11.5 Å². The van der Waals surface area contributed by atoms with Gasteiger partial charge in [0.2, 0.25) is 5.43 Å². The molecule has 3 nitrogen and oxygen atoms in total. The number of hydrogen-bond acceptors (Lipinski definition) is 2. The Balaban J connectivity index is 2.40. The second kappa shape index (κ2) is 4.32. The Bertz CT molecular complexity index is 436. The molecule has 2 rings (SSSR count). The maximum Gasteiger partial charge on any atom is 0.223 e. The molecule has 2 unspecified atom stereocenters. The summed E-state index contributed by atoms with van der Waals surface area (Å²) in [6.45, 7) is 4.07. The largest absolute Gasteiger partial charge is 0.503 e. The zero-order valence-electron chi connectivity index (χ0n) is 9.94. The summed E-state index contributed by atoms with van der Waals surface area (Å²) in [6, 6.07) is 1.89. The number of nitrogens with zero attached hydrogens (tertiary/aromatic N) is 1. The molecule has 1 N–H and O–H groups in total. The van der Waals surface area contributed by atoms with Gasteiger partial charge in [-0.3, -0.25) is 4.79 Å². The fraction of sp³-hybridized carbons (Fsp3) is 0.615. The van der Waals surface area contributed by atoms with E-state index >= 15 is 0 Å². The van der Waals surface area contributed by atoms with Crippen LogP contribution in [0.25, 0.3) is 0 Å². The first-order valence-corrected chi connectivity index (χ1v) is 6.02. The maximum absolute atomic E-state index is 11.3. The molecular formula is C13H19NO2. The van der Waals surface area contributed by atoms with Crippen molar-refractivity contribution in [2.75, 3.05) is 0 Å². The molecule has 1 heterocycles. The monoisotopic (exact) mass is 221 g/mol. The van der Waals surface area contributed by atoms with Gasteiger partial charge in [-0.05, 0) is 25.7 Å². The van der Waals surface area contributed by atoms with E-state index < -0.39 is 0 Å². The summed E-state index contributed by atoms with van der Waals surface area (Å²) in [4.78, 5) is 11.3. The van der Waals surface area contributed by atoms with Crippen LogP contribution in [0.5, 0.6) is 5.75 Å². The summed E-state index contributed by atoms with van der Waals surface area (Å²) in [6.07, 6.45) is 6.73. The molecular weight excluding hydrogens is 202 g/mol. The highest BCUT2D eigenvalue weighted by Gasteiger charge is 2.23. The molecule has 88 valence electrons. The Hall–Kier alpha value is -1.25. The molecule has 1 saturated carbocycles. The lowest BCUT2D eigenvalue weighted by molar-refractivity contribution is 0.250. The van der Waals surface area contributed by atoms with Crippen LogP contribution in [0.3, 0.4) is 0 Å². The molecule has 1 fully saturated rings. The van der Waals surface area contributed by atoms with Gasteiger partial charge in [-0.25, -0.2) is 0 Å². The summed E-state index contributed by atoms with van der Waals surface area (Å²) in [5.41, 5.74) is 0.420. The minimum Gasteiger partial charge on any atom is -0.503 e. The molecule has 1 aromatic heterocycles. The van der Waals surface area contributed by atoms with Crippen LogP contribution >= 0.6 is 0 Å². The summed E-state index contributed by atoms with van der Waals surface area (Å²) < 4.78 is 2.07. The van der Waals surface area contributed by atoms with Crippen molar-refractivity contribution >= 4 is 0 Å². The van der Waals surface area contributed by atoms with Gasteiger partial charge in [-0.2, -0.15) is 0 Å². The molecule has 0 saturated heterocycles. The smallest absolute Gasteiger partial charge is 0.223 e. The van der Waals surface area contributed by atoms with Crippen LogP contribution in [0.15, 0.2) is 17.1 Å². The first-order chi connectivity index (χ1) is 7.61. The highest BCUT2D eigenvalue weighted by atomic mass is 16.3. The normalized spacial score (nSPS) is 25.6. The number of hydrogen-bond donors (Lipinski definition) is 1. The van der Waals surface area contributed by atoms with E-state index in [1.807, 2.05) is 13.1 Å². The van der Waals surface area contributed by atoms with Crippen LogP contribution in [-0.2, 0) is 0 Å². The SMILES string of the molecule is Cc1c(O)c(=O)ccn1C1CCCCC1C. The van der Waals surface area contributed by atoms with Crippen molar-refractivity contribution in [3.63, 3.8) is 0 Å². The Morgan fingerprint density at radius 1 is 1.38 bits per heavy atom. The molecule has 0 aliphatic heterocycles. The van der Waals surface area contributed by atoms with E-state index in [0.29, 0.717) is 17.7 Å². The van der Waals surface area contributed by atoms with Gasteiger partial charge in [0, 0.05) is 18.3 Å². The third-order valence-corrected chi connectivity index (χ3v) is 3.77. The average molecular weight is 221 g/mol. The molecule has 3 heteroatoms. The molecule has 1 aromatic rings. The Morgan fingerprint density at radius 2 is 2.06 bits per heavy atom. The number of aromatic nitrogens is 1. The Morgan fingerprint density at radius 3 is 2.75 bits per heavy atom. The van der Waals surface area contributed by atoms with Crippen LogP contribution in [-0.4, -0.2) is 9.67 Å². The minimum atomic E-state index is -0.280. The molecule has 1 aliphatic rings. The van der Waals surface area contributed by atoms with E-state index in [0.717, 1.165) is 6.42 Å². The van der Waals surface area contributed by atoms with E-state index in [1.54, 1.807) is 0 Å². The summed E-state index contributed by atoms with van der Waals surface area (Å²) >= 11 is 0. The van der Waals surface area contributed by atoms with Gasteiger partial charge in [0.25, 0.3) is 0 Å². The van der Waals surface area contributed by atoms with Crippen molar-refractivity contribution in [3.05, 3.63) is 28.2 Å². The van der Waals surface area contributed by atoms with Crippen molar-refractivity contribution in [3.8, 4) is 5.75 Å². The summed E-state index contributed by atoms with van der Waals surface area (Å²) in [7, 11) is 0. The van der Waals surface area contributed by atoms with Crippen molar-refractivity contribution in [1.82, 2.24) is 4.57 Å². The highest BCUT2D eigenvalue weighted by Crippen LogP contribution is 2.34. The molecule has 16 heavy (non-hydrogen) atoms. The zero-order chi connectivity index (χ0) is 11.7. The molecule has 0 radical (unpaired) electrons. The van der Waals surface area contributed by atoms with Crippen molar-refractivity contribution in [1.29, 1.82) is 0 Å². The fourth-order valence-corrected chi connectivity index (χ4v) is 2.71. The summed E-state index contributed by atoms with van der Waals surface area (Å²) in [5, 5.41) is 9.67. The lowest BCUT2D eigenvalue weighted by Crippen LogP contribution is -2.24. The second-order valence-electron chi connectivity index (χ2n) is 4.85. The molecule has 0 amide bonds. The molecule has 1 aliphatic carbocycles. The van der Waals surface area contributed by atoms with Crippen molar-refractivity contribution in [2.24, 2.45) is 5.92 Å². The van der Waals surface area contributed by atoms with Crippen molar-refractivity contribution in [2.45, 2.75) is 45.6 Å². The van der Waals surface area contributed by atoms with Gasteiger partial charge in [0.15, 0.2) is 5.75 Å². The van der Waals surface area contributed by atoms with Gasteiger partial charge in [-0.15, -0.1) is 0 Å². The molecule has 0 spiro atoms.